The normalized spacial score (nSPS) is 14.6. The summed E-state index contributed by atoms with van der Waals surface area (Å²) in [4.78, 5) is 37.4. The van der Waals surface area contributed by atoms with Crippen LogP contribution in [0.4, 0.5) is 4.79 Å². The molecule has 2 aromatic carbocycles. The molecule has 27 heavy (non-hydrogen) atoms. The number of piperidine rings is 1. The van der Waals surface area contributed by atoms with Crippen LogP contribution in [0.25, 0.3) is 0 Å². The monoisotopic (exact) mass is 366 g/mol. The lowest BCUT2D eigenvalue weighted by atomic mass is 9.89. The van der Waals surface area contributed by atoms with Gasteiger partial charge in [-0.25, -0.2) is 9.59 Å². The van der Waals surface area contributed by atoms with E-state index in [9.17, 15) is 14.4 Å². The quantitative estimate of drug-likeness (QED) is 0.796. The summed E-state index contributed by atoms with van der Waals surface area (Å²) in [6.45, 7) is 1.43. The third-order valence-corrected chi connectivity index (χ3v) is 4.86. The molecule has 0 aliphatic carbocycles. The Morgan fingerprint density at radius 1 is 0.926 bits per heavy atom. The number of carbonyl (C=O) groups is 3. The predicted molar refractivity (Wildman–Crippen MR) is 101 cm³/mol. The van der Waals surface area contributed by atoms with E-state index in [1.165, 1.54) is 12.1 Å². The number of hydrogen-bond acceptors (Lipinski definition) is 3. The average molecular weight is 366 g/mol. The summed E-state index contributed by atoms with van der Waals surface area (Å²) in [6.07, 6.45) is 1.32. The van der Waals surface area contributed by atoms with Crippen LogP contribution >= 0.6 is 0 Å². The zero-order valence-corrected chi connectivity index (χ0v) is 14.9. The van der Waals surface area contributed by atoms with E-state index in [1.807, 2.05) is 30.3 Å². The Labute approximate surface area is 157 Å². The van der Waals surface area contributed by atoms with Gasteiger partial charge in [-0.2, -0.15) is 0 Å². The maximum absolute atomic E-state index is 12.5. The van der Waals surface area contributed by atoms with Crippen molar-refractivity contribution >= 4 is 17.8 Å². The molecule has 140 valence electrons. The van der Waals surface area contributed by atoms with Crippen LogP contribution in [0.3, 0.4) is 0 Å². The molecule has 2 amide bonds. The van der Waals surface area contributed by atoms with Crippen molar-refractivity contribution in [3.63, 3.8) is 0 Å². The van der Waals surface area contributed by atoms with Gasteiger partial charge in [-0.3, -0.25) is 4.79 Å². The minimum absolute atomic E-state index is 0.0417. The lowest BCUT2D eigenvalue weighted by molar-refractivity contribution is 0.0696. The van der Waals surface area contributed by atoms with Gasteiger partial charge in [0.25, 0.3) is 0 Å². The number of carboxylic acid groups (broad SMARTS) is 1. The summed E-state index contributed by atoms with van der Waals surface area (Å²) in [5, 5.41) is 11.7. The molecule has 0 bridgehead atoms. The summed E-state index contributed by atoms with van der Waals surface area (Å²) in [5.74, 6) is -0.868. The maximum Gasteiger partial charge on any atom is 0.335 e. The SMILES string of the molecule is O=C(O)c1ccc(CNC(=O)N2CCC(C(=O)c3ccccc3)CC2)cc1. The molecule has 1 saturated heterocycles. The van der Waals surface area contributed by atoms with Crippen LogP contribution in [-0.4, -0.2) is 40.9 Å². The smallest absolute Gasteiger partial charge is 0.335 e. The standard InChI is InChI=1S/C21H22N2O4/c24-19(16-4-2-1-3-5-16)17-10-12-23(13-11-17)21(27)22-14-15-6-8-18(9-7-15)20(25)26/h1-9,17H,10-14H2,(H,22,27)(H,25,26). The first-order valence-electron chi connectivity index (χ1n) is 8.99. The number of hydrogen-bond donors (Lipinski definition) is 2. The molecule has 0 spiro atoms. The Morgan fingerprint density at radius 2 is 1.56 bits per heavy atom. The summed E-state index contributed by atoms with van der Waals surface area (Å²) >= 11 is 0. The van der Waals surface area contributed by atoms with Crippen LogP contribution in [0.5, 0.6) is 0 Å². The minimum Gasteiger partial charge on any atom is -0.478 e. The Balaban J connectivity index is 1.47. The molecule has 0 radical (unpaired) electrons. The van der Waals surface area contributed by atoms with Crippen LogP contribution < -0.4 is 5.32 Å². The van der Waals surface area contributed by atoms with Crippen LogP contribution in [0.15, 0.2) is 54.6 Å². The minimum atomic E-state index is -0.974. The molecule has 2 N–H and O–H groups in total. The molecular weight excluding hydrogens is 344 g/mol. The number of nitrogens with one attached hydrogen (secondary N) is 1. The molecule has 3 rings (SSSR count). The van der Waals surface area contributed by atoms with Crippen molar-refractivity contribution < 1.29 is 19.5 Å². The molecule has 2 aromatic rings. The zero-order valence-electron chi connectivity index (χ0n) is 14.9. The molecule has 6 heteroatoms. The number of amides is 2. The number of urea groups is 1. The first-order chi connectivity index (χ1) is 13.0. The number of benzene rings is 2. The lowest BCUT2D eigenvalue weighted by Crippen LogP contribution is -2.45. The van der Waals surface area contributed by atoms with E-state index < -0.39 is 5.97 Å². The van der Waals surface area contributed by atoms with Gasteiger partial charge >= 0.3 is 12.0 Å². The van der Waals surface area contributed by atoms with Crippen LogP contribution in [0.1, 0.15) is 39.1 Å². The summed E-state index contributed by atoms with van der Waals surface area (Å²) in [5.41, 5.74) is 1.78. The summed E-state index contributed by atoms with van der Waals surface area (Å²) < 4.78 is 0. The van der Waals surface area contributed by atoms with Crippen molar-refractivity contribution in [2.75, 3.05) is 13.1 Å². The number of Topliss-reactive ketones (excluding diaryl/α,β-unsaturated/α-hetero) is 1. The van der Waals surface area contributed by atoms with Gasteiger partial charge in [0.2, 0.25) is 0 Å². The van der Waals surface area contributed by atoms with Gasteiger partial charge in [-0.15, -0.1) is 0 Å². The molecule has 6 nitrogen and oxygen atoms in total. The summed E-state index contributed by atoms with van der Waals surface area (Å²) in [7, 11) is 0. The highest BCUT2D eigenvalue weighted by molar-refractivity contribution is 5.98. The third kappa shape index (κ3) is 4.73. The second kappa shape index (κ2) is 8.49. The number of rotatable bonds is 5. The Bertz CT molecular complexity index is 810. The fourth-order valence-corrected chi connectivity index (χ4v) is 3.24. The molecular formula is C21H22N2O4. The summed E-state index contributed by atoms with van der Waals surface area (Å²) in [6, 6.07) is 15.5. The lowest BCUT2D eigenvalue weighted by Gasteiger charge is -2.31. The van der Waals surface area contributed by atoms with Crippen molar-refractivity contribution in [3.8, 4) is 0 Å². The van der Waals surface area contributed by atoms with Gasteiger partial charge < -0.3 is 15.3 Å². The first kappa shape index (κ1) is 18.6. The van der Waals surface area contributed by atoms with E-state index >= 15 is 0 Å². The largest absolute Gasteiger partial charge is 0.478 e. The molecule has 0 atom stereocenters. The second-order valence-corrected chi connectivity index (χ2v) is 6.65. The van der Waals surface area contributed by atoms with Crippen LogP contribution in [-0.2, 0) is 6.54 Å². The van der Waals surface area contributed by atoms with Crippen molar-refractivity contribution in [1.82, 2.24) is 10.2 Å². The number of ketones is 1. The number of carbonyl (C=O) groups excluding carboxylic acids is 2. The van der Waals surface area contributed by atoms with Crippen molar-refractivity contribution in [1.29, 1.82) is 0 Å². The third-order valence-electron chi connectivity index (χ3n) is 4.86. The van der Waals surface area contributed by atoms with E-state index in [4.69, 9.17) is 5.11 Å². The average Bonchev–Trinajstić information content (AvgIpc) is 2.72. The van der Waals surface area contributed by atoms with E-state index in [0.717, 1.165) is 11.1 Å². The fourth-order valence-electron chi connectivity index (χ4n) is 3.24. The van der Waals surface area contributed by atoms with E-state index in [-0.39, 0.29) is 23.3 Å². The number of aromatic carboxylic acids is 1. The van der Waals surface area contributed by atoms with Crippen molar-refractivity contribution in [2.45, 2.75) is 19.4 Å². The van der Waals surface area contributed by atoms with E-state index in [1.54, 1.807) is 17.0 Å². The van der Waals surface area contributed by atoms with Crippen LogP contribution in [0, 0.1) is 5.92 Å². The molecule has 0 unspecified atom stereocenters. The maximum atomic E-state index is 12.5. The molecule has 1 aliphatic heterocycles. The second-order valence-electron chi connectivity index (χ2n) is 6.65. The first-order valence-corrected chi connectivity index (χ1v) is 8.99. The van der Waals surface area contributed by atoms with Crippen molar-refractivity contribution in [2.24, 2.45) is 5.92 Å². The van der Waals surface area contributed by atoms with Gasteiger partial charge in [-0.05, 0) is 30.5 Å². The molecule has 1 fully saturated rings. The topological polar surface area (TPSA) is 86.7 Å². The van der Waals surface area contributed by atoms with E-state index in [2.05, 4.69) is 5.32 Å². The van der Waals surface area contributed by atoms with Gasteiger partial charge in [0.15, 0.2) is 5.78 Å². The molecule has 1 heterocycles. The van der Waals surface area contributed by atoms with Gasteiger partial charge in [0, 0.05) is 31.1 Å². The number of likely N-dealkylation sites (tertiary alicyclic amines) is 1. The Kier molecular flexibility index (Phi) is 5.86. The highest BCUT2D eigenvalue weighted by Crippen LogP contribution is 2.21. The molecule has 0 aromatic heterocycles. The van der Waals surface area contributed by atoms with Gasteiger partial charge in [0.05, 0.1) is 5.56 Å². The van der Waals surface area contributed by atoms with Gasteiger partial charge in [0.1, 0.15) is 0 Å². The Morgan fingerprint density at radius 3 is 2.15 bits per heavy atom. The van der Waals surface area contributed by atoms with Gasteiger partial charge in [-0.1, -0.05) is 42.5 Å². The van der Waals surface area contributed by atoms with Crippen molar-refractivity contribution in [3.05, 3.63) is 71.3 Å². The molecule has 1 aliphatic rings. The number of carboxylic acids is 1. The Hall–Kier alpha value is -3.15. The number of nitrogens with zero attached hydrogens (tertiary/aromatic N) is 1. The van der Waals surface area contributed by atoms with Crippen LogP contribution in [0.2, 0.25) is 0 Å². The molecule has 0 saturated carbocycles. The predicted octanol–water partition coefficient (Wildman–Crippen LogP) is 3.19. The zero-order chi connectivity index (χ0) is 19.2. The highest BCUT2D eigenvalue weighted by Gasteiger charge is 2.27. The van der Waals surface area contributed by atoms with E-state index in [0.29, 0.717) is 32.5 Å². The highest BCUT2D eigenvalue weighted by atomic mass is 16.4. The fraction of sp³-hybridized carbons (Fsp3) is 0.286.